The minimum Gasteiger partial charge on any atom is -0.459 e. The predicted octanol–water partition coefficient (Wildman–Crippen LogP) is -3.62. The van der Waals surface area contributed by atoms with Crippen LogP contribution in [0.4, 0.5) is 5.69 Å². The SMILES string of the molecule is O=C(OCC1OC(OC2(CO)OC(CO)C(O)C2O)C(O)C(O)C1O)c1ccc([N+](=O)[O-])cc1. The van der Waals surface area contributed by atoms with E-state index in [9.17, 15) is 50.7 Å². The molecular weight excluding hydrogens is 466 g/mol. The maximum absolute atomic E-state index is 12.2. The Morgan fingerprint density at radius 3 is 2.18 bits per heavy atom. The summed E-state index contributed by atoms with van der Waals surface area (Å²) < 4.78 is 20.9. The fourth-order valence-corrected chi connectivity index (χ4v) is 3.58. The van der Waals surface area contributed by atoms with E-state index < -0.39 is 85.5 Å². The van der Waals surface area contributed by atoms with E-state index in [1.54, 1.807) is 0 Å². The van der Waals surface area contributed by atoms with Gasteiger partial charge in [0.05, 0.1) is 17.1 Å². The van der Waals surface area contributed by atoms with Crippen LogP contribution in [0.3, 0.4) is 0 Å². The van der Waals surface area contributed by atoms with Crippen molar-refractivity contribution in [1.82, 2.24) is 0 Å². The second-order valence-electron chi connectivity index (χ2n) is 7.78. The Morgan fingerprint density at radius 1 is 1.00 bits per heavy atom. The zero-order valence-corrected chi connectivity index (χ0v) is 17.5. The minimum absolute atomic E-state index is 0.0463. The third-order valence-electron chi connectivity index (χ3n) is 5.58. The Kier molecular flexibility index (Phi) is 8.14. The first-order valence-electron chi connectivity index (χ1n) is 10.1. The highest BCUT2D eigenvalue weighted by atomic mass is 16.8. The lowest BCUT2D eigenvalue weighted by atomic mass is 9.99. The van der Waals surface area contributed by atoms with E-state index in [-0.39, 0.29) is 11.3 Å². The number of carbonyl (C=O) groups excluding carboxylic acids is 1. The molecule has 0 saturated carbocycles. The molecule has 9 unspecified atom stereocenters. The third-order valence-corrected chi connectivity index (χ3v) is 5.58. The van der Waals surface area contributed by atoms with E-state index in [2.05, 4.69) is 0 Å². The Hall–Kier alpha value is -2.31. The van der Waals surface area contributed by atoms with E-state index in [0.29, 0.717) is 0 Å². The number of ether oxygens (including phenoxy) is 4. The Balaban J connectivity index is 1.68. The predicted molar refractivity (Wildman–Crippen MR) is 105 cm³/mol. The van der Waals surface area contributed by atoms with Crippen LogP contribution in [0.1, 0.15) is 10.4 Å². The third kappa shape index (κ3) is 5.03. The van der Waals surface area contributed by atoms with Crippen molar-refractivity contribution in [2.24, 2.45) is 0 Å². The Labute approximate surface area is 191 Å². The van der Waals surface area contributed by atoms with Crippen LogP contribution in [-0.2, 0) is 18.9 Å². The molecule has 3 rings (SSSR count). The molecule has 9 atom stereocenters. The summed E-state index contributed by atoms with van der Waals surface area (Å²) in [5.41, 5.74) is -0.294. The largest absolute Gasteiger partial charge is 0.459 e. The topological polar surface area (TPSA) is 239 Å². The van der Waals surface area contributed by atoms with Crippen LogP contribution in [-0.4, -0.2) is 121 Å². The molecule has 2 fully saturated rings. The van der Waals surface area contributed by atoms with Crippen molar-refractivity contribution in [3.8, 4) is 0 Å². The molecule has 34 heavy (non-hydrogen) atoms. The summed E-state index contributed by atoms with van der Waals surface area (Å²) in [5.74, 6) is -3.28. The molecule has 7 N–H and O–H groups in total. The second kappa shape index (κ2) is 10.5. The summed E-state index contributed by atoms with van der Waals surface area (Å²) in [6.45, 7) is -2.44. The number of aliphatic hydroxyl groups excluding tert-OH is 7. The van der Waals surface area contributed by atoms with Crippen molar-refractivity contribution >= 4 is 11.7 Å². The zero-order chi connectivity index (χ0) is 25.2. The highest BCUT2D eigenvalue weighted by Gasteiger charge is 2.58. The lowest BCUT2D eigenvalue weighted by molar-refractivity contribution is -0.384. The fourth-order valence-electron chi connectivity index (χ4n) is 3.58. The van der Waals surface area contributed by atoms with Crippen LogP contribution in [0, 0.1) is 10.1 Å². The first-order valence-corrected chi connectivity index (χ1v) is 10.1. The van der Waals surface area contributed by atoms with Gasteiger partial charge in [-0.3, -0.25) is 10.1 Å². The molecule has 2 aliphatic rings. The van der Waals surface area contributed by atoms with Crippen molar-refractivity contribution in [3.63, 3.8) is 0 Å². The van der Waals surface area contributed by atoms with Crippen molar-refractivity contribution in [2.75, 3.05) is 19.8 Å². The normalized spacial score (nSPS) is 38.0. The number of non-ortho nitro benzene ring substituents is 1. The summed E-state index contributed by atoms with van der Waals surface area (Å²) in [7, 11) is 0. The lowest BCUT2D eigenvalue weighted by Crippen LogP contribution is -2.62. The van der Waals surface area contributed by atoms with Crippen molar-refractivity contribution in [3.05, 3.63) is 39.9 Å². The summed E-state index contributed by atoms with van der Waals surface area (Å²) in [6, 6.07) is 4.47. The molecular formula is C19H25NO14. The minimum atomic E-state index is -2.35. The van der Waals surface area contributed by atoms with Gasteiger partial charge in [0, 0.05) is 12.1 Å². The summed E-state index contributed by atoms with van der Waals surface area (Å²) >= 11 is 0. The number of nitro groups is 1. The van der Waals surface area contributed by atoms with Crippen LogP contribution in [0.25, 0.3) is 0 Å². The second-order valence-corrected chi connectivity index (χ2v) is 7.78. The van der Waals surface area contributed by atoms with Gasteiger partial charge in [-0.15, -0.1) is 0 Å². The number of nitro benzene ring substituents is 1. The number of hydrogen-bond acceptors (Lipinski definition) is 14. The molecule has 1 aromatic carbocycles. The van der Waals surface area contributed by atoms with Gasteiger partial charge < -0.3 is 54.7 Å². The van der Waals surface area contributed by atoms with Crippen molar-refractivity contribution < 1.29 is 64.4 Å². The average molecular weight is 491 g/mol. The molecule has 2 heterocycles. The molecule has 0 radical (unpaired) electrons. The molecule has 0 spiro atoms. The van der Waals surface area contributed by atoms with Gasteiger partial charge in [-0.2, -0.15) is 0 Å². The molecule has 190 valence electrons. The highest BCUT2D eigenvalue weighted by Crippen LogP contribution is 2.36. The molecule has 0 bridgehead atoms. The molecule has 15 nitrogen and oxygen atoms in total. The van der Waals surface area contributed by atoms with Gasteiger partial charge in [0.2, 0.25) is 5.79 Å². The summed E-state index contributed by atoms with van der Waals surface area (Å²) in [4.78, 5) is 22.3. The van der Waals surface area contributed by atoms with Crippen LogP contribution in [0.5, 0.6) is 0 Å². The van der Waals surface area contributed by atoms with Gasteiger partial charge in [0.1, 0.15) is 55.9 Å². The molecule has 0 aromatic heterocycles. The smallest absolute Gasteiger partial charge is 0.338 e. The Bertz CT molecular complexity index is 867. The molecule has 2 aliphatic heterocycles. The van der Waals surface area contributed by atoms with E-state index in [0.717, 1.165) is 24.3 Å². The van der Waals surface area contributed by atoms with E-state index in [4.69, 9.17) is 18.9 Å². The molecule has 0 aliphatic carbocycles. The van der Waals surface area contributed by atoms with Gasteiger partial charge in [0.15, 0.2) is 6.29 Å². The number of nitrogens with zero attached hydrogens (tertiary/aromatic N) is 1. The highest BCUT2D eigenvalue weighted by molar-refractivity contribution is 5.89. The quantitative estimate of drug-likeness (QED) is 0.106. The molecule has 2 saturated heterocycles. The number of hydrogen-bond donors (Lipinski definition) is 7. The maximum atomic E-state index is 12.2. The van der Waals surface area contributed by atoms with Crippen LogP contribution >= 0.6 is 0 Å². The van der Waals surface area contributed by atoms with E-state index >= 15 is 0 Å². The van der Waals surface area contributed by atoms with Gasteiger partial charge in [-0.25, -0.2) is 4.79 Å². The van der Waals surface area contributed by atoms with E-state index in [1.165, 1.54) is 0 Å². The lowest BCUT2D eigenvalue weighted by Gasteiger charge is -2.43. The van der Waals surface area contributed by atoms with Crippen LogP contribution in [0.15, 0.2) is 24.3 Å². The number of carbonyl (C=O) groups is 1. The van der Waals surface area contributed by atoms with Crippen molar-refractivity contribution in [1.29, 1.82) is 0 Å². The van der Waals surface area contributed by atoms with Gasteiger partial charge >= 0.3 is 5.97 Å². The number of rotatable bonds is 8. The van der Waals surface area contributed by atoms with Gasteiger partial charge in [0.25, 0.3) is 5.69 Å². The number of benzene rings is 1. The first-order chi connectivity index (χ1) is 16.0. The van der Waals surface area contributed by atoms with Crippen LogP contribution < -0.4 is 0 Å². The number of aliphatic hydroxyl groups is 7. The van der Waals surface area contributed by atoms with Crippen LogP contribution in [0.2, 0.25) is 0 Å². The van der Waals surface area contributed by atoms with E-state index in [1.807, 2.05) is 0 Å². The first kappa shape index (κ1) is 26.3. The number of esters is 1. The monoisotopic (exact) mass is 491 g/mol. The Morgan fingerprint density at radius 2 is 1.65 bits per heavy atom. The average Bonchev–Trinajstić information content (AvgIpc) is 3.08. The standard InChI is InChI=1S/C19H25NO14/c21-5-10-13(24)16(27)19(7-22,33-10)34-18-15(26)14(25)12(23)11(32-18)6-31-17(28)8-1-3-9(4-2-8)20(29)30/h1-4,10-16,18,21-27H,5-7H2. The zero-order valence-electron chi connectivity index (χ0n) is 17.5. The molecule has 0 amide bonds. The van der Waals surface area contributed by atoms with Gasteiger partial charge in [-0.1, -0.05) is 0 Å². The summed E-state index contributed by atoms with van der Waals surface area (Å²) in [6.07, 6.45) is -13.7. The fraction of sp³-hybridized carbons (Fsp3) is 0.632. The van der Waals surface area contributed by atoms with Crippen molar-refractivity contribution in [2.45, 2.75) is 54.8 Å². The molecule has 1 aromatic rings. The molecule has 15 heteroatoms. The maximum Gasteiger partial charge on any atom is 0.338 e. The summed E-state index contributed by atoms with van der Waals surface area (Å²) in [5, 5.41) is 80.5. The van der Waals surface area contributed by atoms with Gasteiger partial charge in [-0.05, 0) is 12.1 Å².